The number of nitrogen functional groups attached to an aromatic ring is 1. The van der Waals surface area contributed by atoms with Crippen molar-refractivity contribution < 1.29 is 9.21 Å². The molecule has 0 unspecified atom stereocenters. The number of fused-ring (bicyclic) bond motifs is 1. The summed E-state index contributed by atoms with van der Waals surface area (Å²) in [5.41, 5.74) is 0.774. The average Bonchev–Trinajstić information content (AvgIpc) is 3.32. The predicted octanol–water partition coefficient (Wildman–Crippen LogP) is 3.52. The third-order valence-electron chi connectivity index (χ3n) is 4.11. The van der Waals surface area contributed by atoms with E-state index in [1.807, 2.05) is 42.5 Å². The van der Waals surface area contributed by atoms with Crippen LogP contribution in [0.4, 0.5) is 5.69 Å². The molecule has 3 N–H and O–H groups in total. The van der Waals surface area contributed by atoms with Crippen LogP contribution in [0.15, 0.2) is 70.4 Å². The van der Waals surface area contributed by atoms with Crippen LogP contribution < -0.4 is 11.2 Å². The molecule has 4 rings (SSSR count). The molecule has 0 aliphatic rings. The molecular weight excluding hydrogens is 362 g/mol. The third-order valence-corrected chi connectivity index (χ3v) is 5.16. The smallest absolute Gasteiger partial charge is 0.237 e. The molecule has 27 heavy (non-hydrogen) atoms. The molecule has 2 aromatic carbocycles. The number of benzene rings is 2. The summed E-state index contributed by atoms with van der Waals surface area (Å²) in [6.45, 7) is 1.80. The van der Waals surface area contributed by atoms with Gasteiger partial charge in [0.25, 0.3) is 0 Å². The first kappa shape index (κ1) is 17.2. The molecule has 0 radical (unpaired) electrons. The Morgan fingerprint density at radius 1 is 1.15 bits per heavy atom. The van der Waals surface area contributed by atoms with Gasteiger partial charge in [-0.05, 0) is 30.5 Å². The lowest BCUT2D eigenvalue weighted by molar-refractivity contribution is -0.115. The summed E-state index contributed by atoms with van der Waals surface area (Å²) in [7, 11) is 0. The first-order valence-electron chi connectivity index (χ1n) is 8.33. The van der Waals surface area contributed by atoms with Gasteiger partial charge in [0.2, 0.25) is 16.9 Å². The van der Waals surface area contributed by atoms with Crippen molar-refractivity contribution in [1.82, 2.24) is 14.9 Å². The van der Waals surface area contributed by atoms with Crippen molar-refractivity contribution in [3.8, 4) is 11.6 Å². The lowest BCUT2D eigenvalue weighted by Crippen LogP contribution is -2.23. The summed E-state index contributed by atoms with van der Waals surface area (Å²) in [6, 6.07) is 17.2. The molecule has 0 spiro atoms. The fraction of sp³-hybridized carbons (Fsp3) is 0.105. The number of furan rings is 1. The van der Waals surface area contributed by atoms with E-state index in [-0.39, 0.29) is 5.91 Å². The Hall–Kier alpha value is -3.26. The second-order valence-corrected chi connectivity index (χ2v) is 7.24. The van der Waals surface area contributed by atoms with E-state index in [9.17, 15) is 4.79 Å². The van der Waals surface area contributed by atoms with E-state index in [0.717, 1.165) is 16.5 Å². The summed E-state index contributed by atoms with van der Waals surface area (Å²) in [5, 5.41) is 13.2. The van der Waals surface area contributed by atoms with Gasteiger partial charge in [-0.3, -0.25) is 4.79 Å². The van der Waals surface area contributed by atoms with Crippen LogP contribution in [-0.4, -0.2) is 26.0 Å². The number of nitrogens with one attached hydrogen (secondary N) is 1. The summed E-state index contributed by atoms with van der Waals surface area (Å²) >= 11 is 1.23. The Labute approximate surface area is 159 Å². The lowest BCUT2D eigenvalue weighted by atomic mass is 10.1. The van der Waals surface area contributed by atoms with Crippen molar-refractivity contribution in [2.45, 2.75) is 17.3 Å². The number of hydrogen-bond donors (Lipinski definition) is 2. The molecule has 136 valence electrons. The van der Waals surface area contributed by atoms with E-state index < -0.39 is 5.25 Å². The van der Waals surface area contributed by atoms with Gasteiger partial charge in [-0.1, -0.05) is 48.2 Å². The average molecular weight is 379 g/mol. The monoisotopic (exact) mass is 379 g/mol. The van der Waals surface area contributed by atoms with Gasteiger partial charge in [-0.2, -0.15) is 0 Å². The molecule has 4 aromatic rings. The van der Waals surface area contributed by atoms with Gasteiger partial charge in [0, 0.05) is 11.1 Å². The number of nitrogens with zero attached hydrogens (tertiary/aromatic N) is 3. The molecule has 8 heteroatoms. The Morgan fingerprint density at radius 2 is 1.96 bits per heavy atom. The van der Waals surface area contributed by atoms with Crippen LogP contribution in [0.3, 0.4) is 0 Å². The molecular formula is C19H17N5O2S. The number of hydrogen-bond acceptors (Lipinski definition) is 6. The first-order valence-corrected chi connectivity index (χ1v) is 9.21. The van der Waals surface area contributed by atoms with Crippen molar-refractivity contribution in [2.75, 3.05) is 11.2 Å². The van der Waals surface area contributed by atoms with Crippen LogP contribution in [0.5, 0.6) is 0 Å². The minimum Gasteiger partial charge on any atom is -0.461 e. The van der Waals surface area contributed by atoms with Crippen LogP contribution in [0.2, 0.25) is 0 Å². The zero-order valence-electron chi connectivity index (χ0n) is 14.5. The Morgan fingerprint density at radius 3 is 2.78 bits per heavy atom. The SMILES string of the molecule is C[C@H](Sc1nnc(-c2ccco2)n1N)C(=O)Nc1cccc2ccccc12. The van der Waals surface area contributed by atoms with Gasteiger partial charge in [-0.15, -0.1) is 10.2 Å². The maximum absolute atomic E-state index is 12.7. The van der Waals surface area contributed by atoms with Crippen molar-refractivity contribution in [3.63, 3.8) is 0 Å². The number of rotatable bonds is 5. The highest BCUT2D eigenvalue weighted by atomic mass is 32.2. The molecule has 0 fully saturated rings. The van der Waals surface area contributed by atoms with Crippen LogP contribution in [0.1, 0.15) is 6.92 Å². The summed E-state index contributed by atoms with van der Waals surface area (Å²) in [6.07, 6.45) is 1.54. The fourth-order valence-corrected chi connectivity index (χ4v) is 3.48. The zero-order chi connectivity index (χ0) is 18.8. The van der Waals surface area contributed by atoms with Crippen molar-refractivity contribution in [2.24, 2.45) is 0 Å². The molecule has 7 nitrogen and oxygen atoms in total. The summed E-state index contributed by atoms with van der Waals surface area (Å²) < 4.78 is 6.62. The van der Waals surface area contributed by atoms with Gasteiger partial charge in [0.05, 0.1) is 11.5 Å². The number of thioether (sulfide) groups is 1. The van der Waals surface area contributed by atoms with Crippen molar-refractivity contribution in [3.05, 3.63) is 60.9 Å². The highest BCUT2D eigenvalue weighted by Crippen LogP contribution is 2.27. The molecule has 0 aliphatic heterocycles. The van der Waals surface area contributed by atoms with E-state index in [1.54, 1.807) is 19.1 Å². The normalized spacial score (nSPS) is 12.2. The molecule has 2 heterocycles. The van der Waals surface area contributed by atoms with Crippen LogP contribution in [0.25, 0.3) is 22.4 Å². The zero-order valence-corrected chi connectivity index (χ0v) is 15.3. The minimum atomic E-state index is -0.417. The number of anilines is 1. The second kappa shape index (κ2) is 7.16. The number of amides is 1. The maximum atomic E-state index is 12.7. The Balaban J connectivity index is 1.50. The Kier molecular flexibility index (Phi) is 4.55. The van der Waals surface area contributed by atoms with Crippen molar-refractivity contribution >= 4 is 34.1 Å². The maximum Gasteiger partial charge on any atom is 0.237 e. The molecule has 1 amide bonds. The highest BCUT2D eigenvalue weighted by molar-refractivity contribution is 8.00. The van der Waals surface area contributed by atoms with Crippen LogP contribution in [0, 0.1) is 0 Å². The number of carbonyl (C=O) groups excluding carboxylic acids is 1. The predicted molar refractivity (Wildman–Crippen MR) is 106 cm³/mol. The first-order chi connectivity index (χ1) is 13.1. The van der Waals surface area contributed by atoms with Gasteiger partial charge in [0.15, 0.2) is 5.76 Å². The molecule has 0 saturated carbocycles. The highest BCUT2D eigenvalue weighted by Gasteiger charge is 2.21. The number of carbonyl (C=O) groups is 1. The third kappa shape index (κ3) is 3.39. The van der Waals surface area contributed by atoms with E-state index >= 15 is 0 Å². The molecule has 0 bridgehead atoms. The standard InChI is InChI=1S/C19H17N5O2S/c1-12(27-19-23-22-17(24(19)20)16-10-5-11-26-16)18(25)21-15-9-4-7-13-6-2-3-8-14(13)15/h2-12H,20H2,1H3,(H,21,25)/t12-/m0/s1. The molecule has 0 aliphatic carbocycles. The van der Waals surface area contributed by atoms with E-state index in [1.165, 1.54) is 22.7 Å². The van der Waals surface area contributed by atoms with Crippen LogP contribution in [-0.2, 0) is 4.79 Å². The topological polar surface area (TPSA) is 99.0 Å². The second-order valence-electron chi connectivity index (χ2n) is 5.93. The number of aromatic nitrogens is 3. The molecule has 0 saturated heterocycles. The molecule has 2 aromatic heterocycles. The number of nitrogens with two attached hydrogens (primary N) is 1. The van der Waals surface area contributed by atoms with E-state index in [4.69, 9.17) is 10.3 Å². The summed E-state index contributed by atoms with van der Waals surface area (Å²) in [4.78, 5) is 12.7. The fourth-order valence-electron chi connectivity index (χ4n) is 2.71. The minimum absolute atomic E-state index is 0.140. The van der Waals surface area contributed by atoms with Gasteiger partial charge in [0.1, 0.15) is 0 Å². The lowest BCUT2D eigenvalue weighted by Gasteiger charge is -2.13. The van der Waals surface area contributed by atoms with Gasteiger partial charge < -0.3 is 15.6 Å². The van der Waals surface area contributed by atoms with Crippen molar-refractivity contribution in [1.29, 1.82) is 0 Å². The van der Waals surface area contributed by atoms with E-state index in [0.29, 0.717) is 16.7 Å². The quantitative estimate of drug-likeness (QED) is 0.407. The Bertz CT molecular complexity index is 1090. The molecule has 1 atom stereocenters. The largest absolute Gasteiger partial charge is 0.461 e. The summed E-state index contributed by atoms with van der Waals surface area (Å²) in [5.74, 6) is 6.83. The van der Waals surface area contributed by atoms with Gasteiger partial charge >= 0.3 is 0 Å². The van der Waals surface area contributed by atoms with Crippen LogP contribution >= 0.6 is 11.8 Å². The van der Waals surface area contributed by atoms with E-state index in [2.05, 4.69) is 15.5 Å². The van der Waals surface area contributed by atoms with Gasteiger partial charge in [-0.25, -0.2) is 4.68 Å².